The first-order valence-electron chi connectivity index (χ1n) is 7.54. The van der Waals surface area contributed by atoms with Crippen molar-refractivity contribution in [2.24, 2.45) is 0 Å². The highest BCUT2D eigenvalue weighted by atomic mass is 15.2. The van der Waals surface area contributed by atoms with Gasteiger partial charge in [0.15, 0.2) is 11.5 Å². The number of rotatable bonds is 4. The Bertz CT molecular complexity index is 975. The zero-order valence-corrected chi connectivity index (χ0v) is 12.7. The number of pyridine rings is 2. The van der Waals surface area contributed by atoms with Gasteiger partial charge in [-0.15, -0.1) is 0 Å². The lowest BCUT2D eigenvalue weighted by Crippen LogP contribution is -1.99. The maximum absolute atomic E-state index is 4.58. The smallest absolute Gasteiger partial charge is 0.161 e. The molecule has 3 aromatic heterocycles. The Kier molecular flexibility index (Phi) is 3.27. The summed E-state index contributed by atoms with van der Waals surface area (Å²) < 4.78 is 0. The minimum absolute atomic E-state index is 0.747. The number of fused-ring (bicyclic) bond motifs is 2. The van der Waals surface area contributed by atoms with Gasteiger partial charge < -0.3 is 10.6 Å². The number of aromatic nitrogens is 4. The normalized spacial score (nSPS) is 11.0. The third kappa shape index (κ3) is 2.44. The summed E-state index contributed by atoms with van der Waals surface area (Å²) in [6.45, 7) is 2.94. The van der Waals surface area contributed by atoms with Crippen LogP contribution in [0.4, 0.5) is 17.2 Å². The topological polar surface area (TPSA) is 78.5 Å². The van der Waals surface area contributed by atoms with E-state index in [1.807, 2.05) is 30.5 Å². The average Bonchev–Trinajstić information content (AvgIpc) is 2.98. The number of H-pyrrole nitrogens is 1. The second kappa shape index (κ2) is 5.57. The highest BCUT2D eigenvalue weighted by Gasteiger charge is 2.07. The van der Waals surface area contributed by atoms with Crippen LogP contribution < -0.4 is 10.6 Å². The van der Waals surface area contributed by atoms with Crippen molar-refractivity contribution in [3.8, 4) is 0 Å². The van der Waals surface area contributed by atoms with Gasteiger partial charge in [0.25, 0.3) is 0 Å². The standard InChI is InChI=1S/C17H16N6/c1-2-18-14-7-3-5-11-9-12(10-20-15(11)14)21-17-13-6-4-8-19-16(13)22-23-17/h3-10,18H,2H2,1H3,(H2,19,21,22,23). The molecular formula is C17H16N6. The van der Waals surface area contributed by atoms with Gasteiger partial charge in [-0.25, -0.2) is 4.98 Å². The van der Waals surface area contributed by atoms with E-state index in [0.717, 1.165) is 45.7 Å². The molecule has 6 nitrogen and oxygen atoms in total. The largest absolute Gasteiger partial charge is 0.384 e. The molecule has 0 radical (unpaired) electrons. The first-order valence-corrected chi connectivity index (χ1v) is 7.54. The van der Waals surface area contributed by atoms with Gasteiger partial charge in [-0.2, -0.15) is 5.10 Å². The summed E-state index contributed by atoms with van der Waals surface area (Å²) in [4.78, 5) is 8.83. The van der Waals surface area contributed by atoms with Crippen LogP contribution in [0.15, 0.2) is 48.8 Å². The van der Waals surface area contributed by atoms with Crippen LogP contribution in [-0.4, -0.2) is 26.7 Å². The molecule has 0 aliphatic rings. The quantitative estimate of drug-likeness (QED) is 0.536. The van der Waals surface area contributed by atoms with Crippen LogP contribution in [-0.2, 0) is 0 Å². The van der Waals surface area contributed by atoms with Gasteiger partial charge in [-0.1, -0.05) is 12.1 Å². The minimum Gasteiger partial charge on any atom is -0.384 e. The Morgan fingerprint density at radius 2 is 2.09 bits per heavy atom. The molecule has 0 fully saturated rings. The molecule has 0 saturated carbocycles. The highest BCUT2D eigenvalue weighted by molar-refractivity contribution is 5.94. The second-order valence-electron chi connectivity index (χ2n) is 5.23. The van der Waals surface area contributed by atoms with Crippen LogP contribution in [0.2, 0.25) is 0 Å². The van der Waals surface area contributed by atoms with Crippen molar-refractivity contribution < 1.29 is 0 Å². The molecule has 6 heteroatoms. The Hall–Kier alpha value is -3.15. The summed E-state index contributed by atoms with van der Waals surface area (Å²) in [7, 11) is 0. The van der Waals surface area contributed by atoms with Crippen molar-refractivity contribution in [3.05, 3.63) is 48.8 Å². The SMILES string of the molecule is CCNc1cccc2cc(Nc3n[nH]c4ncccc34)cnc12. The van der Waals surface area contributed by atoms with Crippen molar-refractivity contribution >= 4 is 39.1 Å². The van der Waals surface area contributed by atoms with E-state index in [2.05, 4.69) is 49.9 Å². The zero-order valence-electron chi connectivity index (χ0n) is 12.7. The first-order chi connectivity index (χ1) is 11.3. The van der Waals surface area contributed by atoms with Crippen LogP contribution in [0, 0.1) is 0 Å². The molecule has 0 bridgehead atoms. The first kappa shape index (κ1) is 13.5. The van der Waals surface area contributed by atoms with Crippen LogP contribution in [0.1, 0.15) is 6.92 Å². The number of hydrogen-bond donors (Lipinski definition) is 3. The van der Waals surface area contributed by atoms with Crippen LogP contribution in [0.25, 0.3) is 21.9 Å². The molecule has 0 aliphatic carbocycles. The van der Waals surface area contributed by atoms with Gasteiger partial charge >= 0.3 is 0 Å². The lowest BCUT2D eigenvalue weighted by Gasteiger charge is -2.09. The molecule has 0 unspecified atom stereocenters. The third-order valence-corrected chi connectivity index (χ3v) is 3.68. The van der Waals surface area contributed by atoms with Crippen LogP contribution in [0.5, 0.6) is 0 Å². The Labute approximate surface area is 133 Å². The summed E-state index contributed by atoms with van der Waals surface area (Å²) in [5.41, 5.74) is 3.67. The lowest BCUT2D eigenvalue weighted by molar-refractivity contribution is 1.10. The monoisotopic (exact) mass is 304 g/mol. The summed E-state index contributed by atoms with van der Waals surface area (Å²) in [5.74, 6) is 0.747. The van der Waals surface area contributed by atoms with Gasteiger partial charge in [-0.05, 0) is 31.2 Å². The summed E-state index contributed by atoms with van der Waals surface area (Å²) in [6, 6.07) is 12.1. The molecule has 0 amide bonds. The fraction of sp³-hybridized carbons (Fsp3) is 0.118. The van der Waals surface area contributed by atoms with Crippen LogP contribution >= 0.6 is 0 Å². The predicted octanol–water partition coefficient (Wildman–Crippen LogP) is 3.68. The number of para-hydroxylation sites is 1. The number of anilines is 3. The Morgan fingerprint density at radius 1 is 1.13 bits per heavy atom. The number of hydrogen-bond acceptors (Lipinski definition) is 5. The van der Waals surface area contributed by atoms with Gasteiger partial charge in [0, 0.05) is 18.1 Å². The van der Waals surface area contributed by atoms with Crippen molar-refractivity contribution in [2.75, 3.05) is 17.2 Å². The molecule has 1 aromatic carbocycles. The molecule has 0 aliphatic heterocycles. The molecule has 3 heterocycles. The zero-order chi connectivity index (χ0) is 15.6. The molecule has 3 N–H and O–H groups in total. The average molecular weight is 304 g/mol. The Balaban J connectivity index is 1.72. The van der Waals surface area contributed by atoms with Gasteiger partial charge in [0.2, 0.25) is 0 Å². The van der Waals surface area contributed by atoms with E-state index in [4.69, 9.17) is 0 Å². The van der Waals surface area contributed by atoms with E-state index >= 15 is 0 Å². The number of aromatic amines is 1. The minimum atomic E-state index is 0.747. The highest BCUT2D eigenvalue weighted by Crippen LogP contribution is 2.26. The molecule has 0 saturated heterocycles. The van der Waals surface area contributed by atoms with E-state index in [-0.39, 0.29) is 0 Å². The third-order valence-electron chi connectivity index (χ3n) is 3.68. The van der Waals surface area contributed by atoms with Gasteiger partial charge in [0.1, 0.15) is 0 Å². The maximum atomic E-state index is 4.58. The number of benzene rings is 1. The molecule has 23 heavy (non-hydrogen) atoms. The van der Waals surface area contributed by atoms with Crippen molar-refractivity contribution in [1.29, 1.82) is 0 Å². The number of nitrogens with zero attached hydrogens (tertiary/aromatic N) is 3. The molecular weight excluding hydrogens is 288 g/mol. The summed E-state index contributed by atoms with van der Waals surface area (Å²) >= 11 is 0. The molecule has 4 rings (SSSR count). The van der Waals surface area contributed by atoms with Gasteiger partial charge in [-0.3, -0.25) is 10.1 Å². The molecule has 0 spiro atoms. The maximum Gasteiger partial charge on any atom is 0.161 e. The lowest BCUT2D eigenvalue weighted by atomic mass is 10.2. The predicted molar refractivity (Wildman–Crippen MR) is 93.1 cm³/mol. The molecule has 0 atom stereocenters. The van der Waals surface area contributed by atoms with E-state index in [0.29, 0.717) is 0 Å². The van der Waals surface area contributed by atoms with Crippen molar-refractivity contribution in [3.63, 3.8) is 0 Å². The van der Waals surface area contributed by atoms with Crippen LogP contribution in [0.3, 0.4) is 0 Å². The van der Waals surface area contributed by atoms with E-state index in [1.165, 1.54) is 0 Å². The second-order valence-corrected chi connectivity index (χ2v) is 5.23. The Morgan fingerprint density at radius 3 is 3.00 bits per heavy atom. The van der Waals surface area contributed by atoms with Crippen molar-refractivity contribution in [1.82, 2.24) is 20.2 Å². The fourth-order valence-electron chi connectivity index (χ4n) is 2.65. The van der Waals surface area contributed by atoms with E-state index in [1.54, 1.807) is 6.20 Å². The van der Waals surface area contributed by atoms with E-state index in [9.17, 15) is 0 Å². The number of nitrogens with one attached hydrogen (secondary N) is 3. The molecule has 114 valence electrons. The summed E-state index contributed by atoms with van der Waals surface area (Å²) in [6.07, 6.45) is 3.56. The van der Waals surface area contributed by atoms with Crippen molar-refractivity contribution in [2.45, 2.75) is 6.92 Å². The van der Waals surface area contributed by atoms with Gasteiger partial charge in [0.05, 0.1) is 28.5 Å². The fourth-order valence-corrected chi connectivity index (χ4v) is 2.65. The summed E-state index contributed by atoms with van der Waals surface area (Å²) in [5, 5.41) is 15.9. The molecule has 4 aromatic rings. The van der Waals surface area contributed by atoms with E-state index < -0.39 is 0 Å².